The van der Waals surface area contributed by atoms with Crippen molar-refractivity contribution in [2.45, 2.75) is 45.3 Å². The van der Waals surface area contributed by atoms with Gasteiger partial charge in [-0.25, -0.2) is 9.37 Å². The van der Waals surface area contributed by atoms with E-state index < -0.39 is 4.92 Å². The van der Waals surface area contributed by atoms with Gasteiger partial charge in [0.1, 0.15) is 5.82 Å². The van der Waals surface area contributed by atoms with Gasteiger partial charge in [0.2, 0.25) is 5.91 Å². The topological polar surface area (TPSA) is 105 Å². The van der Waals surface area contributed by atoms with Gasteiger partial charge in [-0.05, 0) is 58.7 Å². The highest BCUT2D eigenvalue weighted by atomic mass is 32.1. The second-order valence-corrected chi connectivity index (χ2v) is 11.5. The first-order valence-corrected chi connectivity index (χ1v) is 15.5. The van der Waals surface area contributed by atoms with Crippen molar-refractivity contribution in [3.63, 3.8) is 0 Å². The number of halogens is 1. The van der Waals surface area contributed by atoms with E-state index in [2.05, 4.69) is 46.8 Å². The molecular weight excluding hydrogens is 603 g/mol. The summed E-state index contributed by atoms with van der Waals surface area (Å²) < 4.78 is 15.8. The molecule has 5 aromatic rings. The van der Waals surface area contributed by atoms with Gasteiger partial charge in [0.15, 0.2) is 5.11 Å². The molecule has 0 aliphatic rings. The highest BCUT2D eigenvalue weighted by Gasteiger charge is 2.21. The largest absolute Gasteiger partial charge is 0.351 e. The minimum absolute atomic E-state index is 0.0241. The maximum absolute atomic E-state index is 14.0. The number of nitrogens with zero attached hydrogens (tertiary/aromatic N) is 4. The number of aromatic nitrogens is 2. The zero-order chi connectivity index (χ0) is 32.5. The fourth-order valence-electron chi connectivity index (χ4n) is 5.45. The molecule has 0 unspecified atom stereocenters. The first-order chi connectivity index (χ1) is 22.3. The number of amides is 1. The van der Waals surface area contributed by atoms with Gasteiger partial charge in [-0.3, -0.25) is 14.9 Å². The fourth-order valence-corrected chi connectivity index (χ4v) is 5.71. The number of fused-ring (bicyclic) bond motifs is 1. The summed E-state index contributed by atoms with van der Waals surface area (Å²) >= 11 is 5.86. The lowest BCUT2D eigenvalue weighted by Crippen LogP contribution is -2.47. The van der Waals surface area contributed by atoms with E-state index in [1.165, 1.54) is 24.3 Å². The smallest absolute Gasteiger partial charge is 0.269 e. The van der Waals surface area contributed by atoms with Gasteiger partial charge in [-0.1, -0.05) is 74.0 Å². The van der Waals surface area contributed by atoms with Crippen LogP contribution in [0, 0.1) is 15.9 Å². The number of imidazole rings is 1. The second kappa shape index (κ2) is 15.2. The Bertz CT molecular complexity index is 1820. The number of non-ortho nitro benzene ring substituents is 1. The van der Waals surface area contributed by atoms with E-state index in [0.29, 0.717) is 30.4 Å². The molecule has 0 aliphatic carbocycles. The van der Waals surface area contributed by atoms with Crippen molar-refractivity contribution in [1.29, 1.82) is 0 Å². The number of rotatable bonds is 13. The Balaban J connectivity index is 1.31. The average molecular weight is 639 g/mol. The summed E-state index contributed by atoms with van der Waals surface area (Å²) in [6, 6.07) is 26.6. The molecule has 1 amide bonds. The molecule has 5 rings (SSSR count). The molecule has 1 atom stereocenters. The third kappa shape index (κ3) is 8.51. The summed E-state index contributed by atoms with van der Waals surface area (Å²) in [4.78, 5) is 30.2. The molecule has 0 radical (unpaired) electrons. The zero-order valence-electron chi connectivity index (χ0n) is 25.4. The Kier molecular flexibility index (Phi) is 10.7. The summed E-state index contributed by atoms with van der Waals surface area (Å²) in [5.74, 6) is -0.518. The van der Waals surface area contributed by atoms with E-state index in [9.17, 15) is 19.3 Å². The third-order valence-corrected chi connectivity index (χ3v) is 8.05. The maximum atomic E-state index is 14.0. The minimum Gasteiger partial charge on any atom is -0.351 e. The number of nitro benzene ring substituents is 1. The van der Waals surface area contributed by atoms with Crippen LogP contribution in [0.1, 0.15) is 36.6 Å². The number of anilines is 1. The predicted octanol–water partition coefficient (Wildman–Crippen LogP) is 6.86. The monoisotopic (exact) mass is 638 g/mol. The molecule has 4 aromatic carbocycles. The molecule has 0 saturated carbocycles. The fraction of sp³-hybridized carbons (Fsp3) is 0.229. The summed E-state index contributed by atoms with van der Waals surface area (Å²) in [6.45, 7) is 3.42. The van der Waals surface area contributed by atoms with E-state index in [0.717, 1.165) is 40.4 Å². The maximum Gasteiger partial charge on any atom is 0.269 e. The van der Waals surface area contributed by atoms with Crippen LogP contribution in [0.4, 0.5) is 15.8 Å². The van der Waals surface area contributed by atoms with Crippen LogP contribution in [0.15, 0.2) is 104 Å². The van der Waals surface area contributed by atoms with E-state index in [-0.39, 0.29) is 29.9 Å². The van der Waals surface area contributed by atoms with Crippen LogP contribution in [0.5, 0.6) is 0 Å². The molecule has 1 heterocycles. The summed E-state index contributed by atoms with van der Waals surface area (Å²) in [5.41, 5.74) is 3.24. The molecule has 9 nitrogen and oxygen atoms in total. The Morgan fingerprint density at radius 2 is 1.83 bits per heavy atom. The van der Waals surface area contributed by atoms with Gasteiger partial charge >= 0.3 is 0 Å². The van der Waals surface area contributed by atoms with Crippen molar-refractivity contribution < 1.29 is 14.1 Å². The SMILES string of the molecule is CCC[C@@H](CN(Cc1cccc2ccccc12)C(=S)Nc1cccc(F)c1)NC(=O)Cc1cncn1Cc1ccc([N+](=O)[O-])cc1. The van der Waals surface area contributed by atoms with Crippen LogP contribution in [-0.4, -0.2) is 43.0 Å². The number of thiocarbonyl (C=S) groups is 1. The number of hydrogen-bond donors (Lipinski definition) is 2. The minimum atomic E-state index is -0.434. The first kappa shape index (κ1) is 32.2. The lowest BCUT2D eigenvalue weighted by molar-refractivity contribution is -0.384. The molecule has 2 N–H and O–H groups in total. The second-order valence-electron chi connectivity index (χ2n) is 11.1. The van der Waals surface area contributed by atoms with Gasteiger partial charge in [0.25, 0.3) is 5.69 Å². The van der Waals surface area contributed by atoms with Gasteiger partial charge in [-0.15, -0.1) is 0 Å². The van der Waals surface area contributed by atoms with Gasteiger partial charge in [0.05, 0.1) is 17.7 Å². The molecule has 0 saturated heterocycles. The molecule has 11 heteroatoms. The van der Waals surface area contributed by atoms with Crippen LogP contribution in [0.25, 0.3) is 10.8 Å². The van der Waals surface area contributed by atoms with Crippen molar-refractivity contribution >= 4 is 45.4 Å². The Morgan fingerprint density at radius 1 is 1.07 bits per heavy atom. The van der Waals surface area contributed by atoms with Crippen LogP contribution >= 0.6 is 12.2 Å². The van der Waals surface area contributed by atoms with Crippen molar-refractivity contribution in [2.24, 2.45) is 0 Å². The van der Waals surface area contributed by atoms with Crippen molar-refractivity contribution in [2.75, 3.05) is 11.9 Å². The lowest BCUT2D eigenvalue weighted by Gasteiger charge is -2.31. The molecular formula is C35H35FN6O3S. The van der Waals surface area contributed by atoms with Crippen molar-refractivity contribution in [1.82, 2.24) is 19.8 Å². The van der Waals surface area contributed by atoms with Gasteiger partial charge in [-0.2, -0.15) is 0 Å². The molecule has 0 fully saturated rings. The molecule has 0 spiro atoms. The molecule has 46 heavy (non-hydrogen) atoms. The Morgan fingerprint density at radius 3 is 2.59 bits per heavy atom. The number of nitrogens with one attached hydrogen (secondary N) is 2. The first-order valence-electron chi connectivity index (χ1n) is 15.1. The quantitative estimate of drug-likeness (QED) is 0.0825. The van der Waals surface area contributed by atoms with Crippen LogP contribution in [0.3, 0.4) is 0 Å². The molecule has 236 valence electrons. The van der Waals surface area contributed by atoms with E-state index in [4.69, 9.17) is 12.2 Å². The summed E-state index contributed by atoms with van der Waals surface area (Å²) in [5, 5.41) is 20.0. The Labute approximate surface area is 272 Å². The summed E-state index contributed by atoms with van der Waals surface area (Å²) in [7, 11) is 0. The highest BCUT2D eigenvalue weighted by Crippen LogP contribution is 2.22. The van der Waals surface area contributed by atoms with Crippen molar-refractivity contribution in [3.8, 4) is 0 Å². The van der Waals surface area contributed by atoms with Crippen LogP contribution in [0.2, 0.25) is 0 Å². The van der Waals surface area contributed by atoms with Gasteiger partial charge < -0.3 is 20.1 Å². The summed E-state index contributed by atoms with van der Waals surface area (Å²) in [6.07, 6.45) is 4.99. The average Bonchev–Trinajstić information content (AvgIpc) is 3.47. The lowest BCUT2D eigenvalue weighted by atomic mass is 10.0. The standard InChI is InChI=1S/C35H35FN6O3S/c1-2-7-30(38-34(43)19-32-20-37-24-41(32)21-25-14-16-31(17-15-25)42(44)45)23-40(35(46)39-29-12-6-11-28(36)18-29)22-27-10-5-9-26-8-3-4-13-33(26)27/h3-6,8-18,20,24,30H,2,7,19,21-23H2,1H3,(H,38,43)(H,39,46)/t30-/m0/s1. The van der Waals surface area contributed by atoms with E-state index in [1.54, 1.807) is 36.8 Å². The number of hydrogen-bond acceptors (Lipinski definition) is 5. The van der Waals surface area contributed by atoms with E-state index in [1.807, 2.05) is 27.7 Å². The van der Waals surface area contributed by atoms with Crippen LogP contribution < -0.4 is 10.6 Å². The Hall–Kier alpha value is -5.16. The highest BCUT2D eigenvalue weighted by molar-refractivity contribution is 7.80. The molecule has 0 aliphatic heterocycles. The van der Waals surface area contributed by atoms with Crippen molar-refractivity contribution in [3.05, 3.63) is 136 Å². The normalized spacial score (nSPS) is 11.6. The van der Waals surface area contributed by atoms with Gasteiger partial charge in [0, 0.05) is 55.4 Å². The predicted molar refractivity (Wildman–Crippen MR) is 182 cm³/mol. The number of nitro groups is 1. The van der Waals surface area contributed by atoms with E-state index >= 15 is 0 Å². The van der Waals surface area contributed by atoms with Crippen LogP contribution in [-0.2, 0) is 24.3 Å². The number of benzene rings is 4. The third-order valence-electron chi connectivity index (χ3n) is 7.69. The molecule has 0 bridgehead atoms. The number of carbonyl (C=O) groups excluding carboxylic acids is 1. The zero-order valence-corrected chi connectivity index (χ0v) is 26.3. The number of carbonyl (C=O) groups is 1. The molecule has 1 aromatic heterocycles.